The van der Waals surface area contributed by atoms with E-state index in [0.717, 1.165) is 39.1 Å². The van der Waals surface area contributed by atoms with Crippen LogP contribution in [0, 0.1) is 0 Å². The minimum atomic E-state index is 0.122. The summed E-state index contributed by atoms with van der Waals surface area (Å²) in [5, 5.41) is 0. The molecule has 0 bridgehead atoms. The molecule has 0 aliphatic carbocycles. The van der Waals surface area contributed by atoms with Gasteiger partial charge < -0.3 is 9.64 Å². The van der Waals surface area contributed by atoms with Crippen molar-refractivity contribution >= 4 is 33.2 Å². The van der Waals surface area contributed by atoms with E-state index in [9.17, 15) is 4.79 Å². The van der Waals surface area contributed by atoms with Gasteiger partial charge in [0.2, 0.25) is 5.91 Å². The largest absolute Gasteiger partial charge is 0.372 e. The van der Waals surface area contributed by atoms with Crippen molar-refractivity contribution in [3.63, 3.8) is 0 Å². The standard InChI is InChI=1S/C14H21BrN2O2S/c1-2-9-19-11-14(18)17-7-5-16(6-8-17)10-12-3-4-13(15)20-12/h3-4H,2,5-11H2,1H3. The molecule has 0 atom stereocenters. The van der Waals surface area contributed by atoms with Crippen molar-refractivity contribution in [1.82, 2.24) is 9.80 Å². The summed E-state index contributed by atoms with van der Waals surface area (Å²) in [5.41, 5.74) is 0. The Balaban J connectivity index is 1.70. The van der Waals surface area contributed by atoms with Crippen LogP contribution in [-0.4, -0.2) is 55.1 Å². The number of hydrogen-bond acceptors (Lipinski definition) is 4. The first-order valence-electron chi connectivity index (χ1n) is 7.01. The van der Waals surface area contributed by atoms with Crippen LogP contribution >= 0.6 is 27.3 Å². The van der Waals surface area contributed by atoms with E-state index >= 15 is 0 Å². The Morgan fingerprint density at radius 3 is 2.70 bits per heavy atom. The molecule has 1 aliphatic rings. The van der Waals surface area contributed by atoms with E-state index in [1.807, 2.05) is 11.8 Å². The van der Waals surface area contributed by atoms with Gasteiger partial charge in [0.1, 0.15) is 6.61 Å². The molecule has 112 valence electrons. The number of ether oxygens (including phenoxy) is 1. The second kappa shape index (κ2) is 8.12. The lowest BCUT2D eigenvalue weighted by Gasteiger charge is -2.34. The van der Waals surface area contributed by atoms with Gasteiger partial charge in [0.25, 0.3) is 0 Å². The molecule has 2 heterocycles. The van der Waals surface area contributed by atoms with Crippen LogP contribution in [0.1, 0.15) is 18.2 Å². The van der Waals surface area contributed by atoms with E-state index in [1.165, 1.54) is 8.66 Å². The predicted octanol–water partition coefficient (Wildman–Crippen LogP) is 2.58. The average Bonchev–Trinajstić information content (AvgIpc) is 2.85. The lowest BCUT2D eigenvalue weighted by molar-refractivity contribution is -0.137. The predicted molar refractivity (Wildman–Crippen MR) is 85.0 cm³/mol. The van der Waals surface area contributed by atoms with E-state index in [-0.39, 0.29) is 12.5 Å². The lowest BCUT2D eigenvalue weighted by Crippen LogP contribution is -2.49. The molecular weight excluding hydrogens is 340 g/mol. The number of carbonyl (C=O) groups is 1. The molecule has 0 spiro atoms. The maximum absolute atomic E-state index is 11.9. The molecule has 0 N–H and O–H groups in total. The second-order valence-corrected chi connectivity index (χ2v) is 7.46. The molecule has 0 radical (unpaired) electrons. The topological polar surface area (TPSA) is 32.8 Å². The highest BCUT2D eigenvalue weighted by Crippen LogP contribution is 2.23. The maximum atomic E-state index is 11.9. The number of thiophene rings is 1. The van der Waals surface area contributed by atoms with Gasteiger partial charge in [-0.3, -0.25) is 9.69 Å². The number of nitrogens with zero attached hydrogens (tertiary/aromatic N) is 2. The second-order valence-electron chi connectivity index (χ2n) is 4.92. The van der Waals surface area contributed by atoms with Crippen molar-refractivity contribution in [3.05, 3.63) is 20.8 Å². The minimum Gasteiger partial charge on any atom is -0.372 e. The molecule has 2 rings (SSSR count). The summed E-state index contributed by atoms with van der Waals surface area (Å²) in [7, 11) is 0. The van der Waals surface area contributed by atoms with E-state index < -0.39 is 0 Å². The maximum Gasteiger partial charge on any atom is 0.248 e. The average molecular weight is 361 g/mol. The summed E-state index contributed by atoms with van der Waals surface area (Å²) >= 11 is 5.27. The van der Waals surface area contributed by atoms with Crippen LogP contribution in [0.15, 0.2) is 15.9 Å². The fourth-order valence-corrected chi connectivity index (χ4v) is 3.73. The first-order valence-corrected chi connectivity index (χ1v) is 8.62. The molecule has 1 aromatic rings. The van der Waals surface area contributed by atoms with E-state index in [0.29, 0.717) is 6.61 Å². The molecule has 6 heteroatoms. The number of rotatable bonds is 6. The number of piperazine rings is 1. The monoisotopic (exact) mass is 360 g/mol. The molecule has 1 fully saturated rings. The molecule has 1 aromatic heterocycles. The van der Waals surface area contributed by atoms with Gasteiger partial charge in [0, 0.05) is 44.2 Å². The first-order chi connectivity index (χ1) is 9.69. The van der Waals surface area contributed by atoms with E-state index in [1.54, 1.807) is 11.3 Å². The molecule has 0 aromatic carbocycles. The van der Waals surface area contributed by atoms with Gasteiger partial charge in [0.15, 0.2) is 0 Å². The van der Waals surface area contributed by atoms with Gasteiger partial charge in [-0.2, -0.15) is 0 Å². The van der Waals surface area contributed by atoms with Gasteiger partial charge in [0.05, 0.1) is 3.79 Å². The number of carbonyl (C=O) groups excluding carboxylic acids is 1. The number of amides is 1. The molecule has 1 aliphatic heterocycles. The van der Waals surface area contributed by atoms with Crippen LogP contribution in [0.2, 0.25) is 0 Å². The quantitative estimate of drug-likeness (QED) is 0.731. The summed E-state index contributed by atoms with van der Waals surface area (Å²) in [6, 6.07) is 4.25. The van der Waals surface area contributed by atoms with Crippen LogP contribution in [0.4, 0.5) is 0 Å². The highest BCUT2D eigenvalue weighted by Gasteiger charge is 2.21. The van der Waals surface area contributed by atoms with Crippen LogP contribution in [0.25, 0.3) is 0 Å². The molecule has 1 saturated heterocycles. The molecule has 4 nitrogen and oxygen atoms in total. The fraction of sp³-hybridized carbons (Fsp3) is 0.643. The zero-order chi connectivity index (χ0) is 14.4. The van der Waals surface area contributed by atoms with Gasteiger partial charge >= 0.3 is 0 Å². The summed E-state index contributed by atoms with van der Waals surface area (Å²) in [4.78, 5) is 17.6. The summed E-state index contributed by atoms with van der Waals surface area (Å²) in [5.74, 6) is 0.122. The Morgan fingerprint density at radius 1 is 1.35 bits per heavy atom. The Kier molecular flexibility index (Phi) is 6.48. The molecular formula is C14H21BrN2O2S. The van der Waals surface area contributed by atoms with Gasteiger partial charge in [-0.05, 0) is 34.5 Å². The van der Waals surface area contributed by atoms with Crippen LogP contribution in [0.3, 0.4) is 0 Å². The van der Waals surface area contributed by atoms with Crippen molar-refractivity contribution < 1.29 is 9.53 Å². The Morgan fingerprint density at radius 2 is 2.10 bits per heavy atom. The number of hydrogen-bond donors (Lipinski definition) is 0. The van der Waals surface area contributed by atoms with Gasteiger partial charge in [-0.1, -0.05) is 6.92 Å². The first kappa shape index (κ1) is 15.9. The van der Waals surface area contributed by atoms with Crippen molar-refractivity contribution in [2.45, 2.75) is 19.9 Å². The molecule has 20 heavy (non-hydrogen) atoms. The van der Waals surface area contributed by atoms with E-state index in [4.69, 9.17) is 4.74 Å². The Labute approximate surface area is 132 Å². The molecule has 0 unspecified atom stereocenters. The number of halogens is 1. The molecule has 0 saturated carbocycles. The van der Waals surface area contributed by atoms with Crippen molar-refractivity contribution in [2.75, 3.05) is 39.4 Å². The van der Waals surface area contributed by atoms with Crippen molar-refractivity contribution in [1.29, 1.82) is 0 Å². The zero-order valence-corrected chi connectivity index (χ0v) is 14.2. The molecule has 1 amide bonds. The third-order valence-corrected chi connectivity index (χ3v) is 4.92. The summed E-state index contributed by atoms with van der Waals surface area (Å²) in [6.45, 7) is 7.41. The third-order valence-electron chi connectivity index (χ3n) is 3.31. The van der Waals surface area contributed by atoms with Crippen molar-refractivity contribution in [3.8, 4) is 0 Å². The lowest BCUT2D eigenvalue weighted by atomic mass is 10.3. The Bertz CT molecular complexity index is 431. The van der Waals surface area contributed by atoms with Crippen molar-refractivity contribution in [2.24, 2.45) is 0 Å². The van der Waals surface area contributed by atoms with Crippen LogP contribution < -0.4 is 0 Å². The SMILES string of the molecule is CCCOCC(=O)N1CCN(Cc2ccc(Br)s2)CC1. The van der Waals surface area contributed by atoms with E-state index in [2.05, 4.69) is 33.0 Å². The van der Waals surface area contributed by atoms with Gasteiger partial charge in [-0.25, -0.2) is 0 Å². The van der Waals surface area contributed by atoms with Crippen LogP contribution in [0.5, 0.6) is 0 Å². The smallest absolute Gasteiger partial charge is 0.248 e. The summed E-state index contributed by atoms with van der Waals surface area (Å²) in [6.07, 6.45) is 0.956. The normalized spacial score (nSPS) is 16.6. The summed E-state index contributed by atoms with van der Waals surface area (Å²) < 4.78 is 6.49. The zero-order valence-electron chi connectivity index (χ0n) is 11.8. The van der Waals surface area contributed by atoms with Gasteiger partial charge in [-0.15, -0.1) is 11.3 Å². The highest BCUT2D eigenvalue weighted by molar-refractivity contribution is 9.11. The third kappa shape index (κ3) is 4.84. The van der Waals surface area contributed by atoms with Crippen LogP contribution in [-0.2, 0) is 16.1 Å². The fourth-order valence-electron chi connectivity index (χ4n) is 2.21. The Hall–Kier alpha value is -0.430. The minimum absolute atomic E-state index is 0.122. The highest BCUT2D eigenvalue weighted by atomic mass is 79.9.